The number of aliphatic hydroxyl groups excluding tert-OH is 1. The minimum atomic E-state index is 0.199. The molecule has 1 heteroatoms. The van der Waals surface area contributed by atoms with Crippen LogP contribution in [0.1, 0.15) is 0 Å². The maximum Gasteiger partial charge on any atom is 0.176 e. The molecule has 0 aliphatic heterocycles. The summed E-state index contributed by atoms with van der Waals surface area (Å²) in [6, 6.07) is 0. The molecule has 1 rings (SSSR count). The van der Waals surface area contributed by atoms with Crippen LogP contribution in [-0.2, 0) is 0 Å². The highest BCUT2D eigenvalue weighted by molar-refractivity contribution is 5.40. The van der Waals surface area contributed by atoms with Crippen molar-refractivity contribution in [2.24, 2.45) is 0 Å². The van der Waals surface area contributed by atoms with E-state index in [2.05, 4.69) is 11.8 Å². The largest absolute Gasteiger partial charge is 0.500 e. The first-order valence-corrected chi connectivity index (χ1v) is 1.30. The molecular formula is C4H2O. The van der Waals surface area contributed by atoms with E-state index in [1.165, 1.54) is 6.08 Å². The molecule has 0 radical (unpaired) electrons. The predicted octanol–water partition coefficient (Wildman–Crippen LogP) is 0.445. The van der Waals surface area contributed by atoms with Gasteiger partial charge in [-0.15, -0.1) is 0 Å². The van der Waals surface area contributed by atoms with Crippen LogP contribution in [-0.4, -0.2) is 5.11 Å². The molecule has 1 nitrogen and oxygen atoms in total. The first-order chi connectivity index (χ1) is 2.39. The minimum absolute atomic E-state index is 0.199. The first-order valence-electron chi connectivity index (χ1n) is 1.30. The highest BCUT2D eigenvalue weighted by Gasteiger charge is 1.84. The van der Waals surface area contributed by atoms with Crippen molar-refractivity contribution in [2.45, 2.75) is 0 Å². The van der Waals surface area contributed by atoms with E-state index in [0.29, 0.717) is 0 Å². The summed E-state index contributed by atoms with van der Waals surface area (Å²) >= 11 is 0. The molecule has 5 heavy (non-hydrogen) atoms. The lowest BCUT2D eigenvalue weighted by molar-refractivity contribution is 0.436. The summed E-state index contributed by atoms with van der Waals surface area (Å²) < 4.78 is 0. The van der Waals surface area contributed by atoms with E-state index in [-0.39, 0.29) is 5.76 Å². The monoisotopic (exact) mass is 66.0 g/mol. The van der Waals surface area contributed by atoms with Gasteiger partial charge in [0.25, 0.3) is 0 Å². The van der Waals surface area contributed by atoms with Crippen LogP contribution in [0.5, 0.6) is 0 Å². The van der Waals surface area contributed by atoms with Gasteiger partial charge in [-0.25, -0.2) is 0 Å². The van der Waals surface area contributed by atoms with Gasteiger partial charge in [0, 0.05) is 6.08 Å². The van der Waals surface area contributed by atoms with Gasteiger partial charge in [0.1, 0.15) is 0 Å². The van der Waals surface area contributed by atoms with Gasteiger partial charge < -0.3 is 5.11 Å². The van der Waals surface area contributed by atoms with E-state index < -0.39 is 0 Å². The van der Waals surface area contributed by atoms with Crippen molar-refractivity contribution in [3.05, 3.63) is 11.8 Å². The van der Waals surface area contributed by atoms with Gasteiger partial charge in [0.05, 0.1) is 0 Å². The molecule has 0 unspecified atom stereocenters. The molecule has 0 spiro atoms. The topological polar surface area (TPSA) is 20.2 Å². The molecule has 0 aromatic rings. The normalized spacial score (nSPS) is 14.0. The molecule has 0 bridgehead atoms. The smallest absolute Gasteiger partial charge is 0.176 e. The lowest BCUT2D eigenvalue weighted by Crippen LogP contribution is -1.78. The van der Waals surface area contributed by atoms with Gasteiger partial charge in [0.2, 0.25) is 0 Å². The van der Waals surface area contributed by atoms with Crippen molar-refractivity contribution in [1.82, 2.24) is 0 Å². The third-order valence-corrected chi connectivity index (χ3v) is 0.409. The number of aliphatic hydroxyl groups is 1. The molecule has 1 aliphatic carbocycles. The molecule has 0 amide bonds. The molecule has 1 N–H and O–H groups in total. The second-order valence-corrected chi connectivity index (χ2v) is 0.799. The third-order valence-electron chi connectivity index (χ3n) is 0.409. The van der Waals surface area contributed by atoms with Crippen LogP contribution in [0.4, 0.5) is 0 Å². The second-order valence-electron chi connectivity index (χ2n) is 0.799. The fourth-order valence-electron chi connectivity index (χ4n) is 0.137. The Morgan fingerprint density at radius 3 is 2.20 bits per heavy atom. The SMILES string of the molecule is OC1=CC#C1. The summed E-state index contributed by atoms with van der Waals surface area (Å²) in [5.74, 6) is 5.07. The van der Waals surface area contributed by atoms with E-state index in [1.54, 1.807) is 0 Å². The third kappa shape index (κ3) is 0.144. The number of allylic oxidation sites excluding steroid dienone is 2. The van der Waals surface area contributed by atoms with Gasteiger partial charge in [-0.1, -0.05) is 5.92 Å². The van der Waals surface area contributed by atoms with E-state index in [0.717, 1.165) is 0 Å². The lowest BCUT2D eigenvalue weighted by atomic mass is 10.3. The number of hydrogen-bond acceptors (Lipinski definition) is 1. The van der Waals surface area contributed by atoms with Gasteiger partial charge >= 0.3 is 0 Å². The van der Waals surface area contributed by atoms with Crippen molar-refractivity contribution in [2.75, 3.05) is 0 Å². The Kier molecular flexibility index (Phi) is 0.246. The average Bonchev–Trinajstić information content (AvgIpc) is 1.30. The predicted molar refractivity (Wildman–Crippen MR) is 18.5 cm³/mol. The summed E-state index contributed by atoms with van der Waals surface area (Å²) in [6.07, 6.45) is 1.46. The Hall–Kier alpha value is -0.900. The molecule has 0 atom stereocenters. The zero-order valence-electron chi connectivity index (χ0n) is 2.52. The minimum Gasteiger partial charge on any atom is -0.500 e. The Morgan fingerprint density at radius 2 is 2.20 bits per heavy atom. The molecule has 0 aromatic heterocycles. The molecule has 0 saturated carbocycles. The molecule has 24 valence electrons. The maximum atomic E-state index is 8.14. The zero-order valence-corrected chi connectivity index (χ0v) is 2.52. The van der Waals surface area contributed by atoms with Crippen LogP contribution in [0, 0.1) is 11.8 Å². The van der Waals surface area contributed by atoms with Gasteiger partial charge in [-0.3, -0.25) is 0 Å². The second kappa shape index (κ2) is 0.526. The summed E-state index contributed by atoms with van der Waals surface area (Å²) in [7, 11) is 0. The van der Waals surface area contributed by atoms with Crippen molar-refractivity contribution < 1.29 is 5.11 Å². The van der Waals surface area contributed by atoms with Crippen LogP contribution in [0.2, 0.25) is 0 Å². The fraction of sp³-hybridized carbons (Fsp3) is 0. The van der Waals surface area contributed by atoms with Crippen LogP contribution in [0.25, 0.3) is 0 Å². The van der Waals surface area contributed by atoms with Crippen LogP contribution in [0.15, 0.2) is 11.8 Å². The zero-order chi connectivity index (χ0) is 3.70. The Balaban J connectivity index is 2.75. The van der Waals surface area contributed by atoms with E-state index in [1.807, 2.05) is 0 Å². The van der Waals surface area contributed by atoms with Crippen LogP contribution in [0.3, 0.4) is 0 Å². The van der Waals surface area contributed by atoms with Crippen molar-refractivity contribution in [1.29, 1.82) is 0 Å². The standard InChI is InChI=1S/C4H2O/c5-4-2-1-3-4/h2,5H. The molecule has 0 heterocycles. The van der Waals surface area contributed by atoms with Crippen molar-refractivity contribution >= 4 is 0 Å². The summed E-state index contributed by atoms with van der Waals surface area (Å²) in [4.78, 5) is 0. The van der Waals surface area contributed by atoms with Gasteiger partial charge in [-0.05, 0) is 5.92 Å². The summed E-state index contributed by atoms with van der Waals surface area (Å²) in [6.45, 7) is 0. The van der Waals surface area contributed by atoms with Gasteiger partial charge in [-0.2, -0.15) is 0 Å². The number of hydrogen-bond donors (Lipinski definition) is 1. The van der Waals surface area contributed by atoms with Gasteiger partial charge in [0.15, 0.2) is 5.76 Å². The maximum absolute atomic E-state index is 8.14. The molecule has 0 aromatic carbocycles. The highest BCUT2D eigenvalue weighted by Crippen LogP contribution is 1.89. The molecule has 0 saturated heterocycles. The highest BCUT2D eigenvalue weighted by atomic mass is 16.3. The summed E-state index contributed by atoms with van der Waals surface area (Å²) in [5.41, 5.74) is 0. The van der Waals surface area contributed by atoms with Crippen LogP contribution < -0.4 is 0 Å². The fourth-order valence-corrected chi connectivity index (χ4v) is 0.137. The molecule has 0 fully saturated rings. The first kappa shape index (κ1) is 2.34. The van der Waals surface area contributed by atoms with E-state index >= 15 is 0 Å². The molecule has 1 aliphatic rings. The van der Waals surface area contributed by atoms with Crippen molar-refractivity contribution in [3.8, 4) is 11.8 Å². The lowest BCUT2D eigenvalue weighted by Gasteiger charge is -1.84. The van der Waals surface area contributed by atoms with E-state index in [4.69, 9.17) is 5.11 Å². The Labute approximate surface area is 29.9 Å². The quantitative estimate of drug-likeness (QED) is 0.407. The summed E-state index contributed by atoms with van der Waals surface area (Å²) in [5, 5.41) is 8.14. The average molecular weight is 66.1 g/mol. The van der Waals surface area contributed by atoms with Crippen molar-refractivity contribution in [3.63, 3.8) is 0 Å². The number of rotatable bonds is 0. The van der Waals surface area contributed by atoms with Crippen LogP contribution >= 0.6 is 0 Å². The Morgan fingerprint density at radius 1 is 1.80 bits per heavy atom. The Bertz CT molecular complexity index is 122. The van der Waals surface area contributed by atoms with E-state index in [9.17, 15) is 0 Å². The molecular weight excluding hydrogens is 64.0 g/mol.